The molecule has 2 heteroatoms. The number of methoxy groups -OCH3 is 1. The molecule has 0 amide bonds. The van der Waals surface area contributed by atoms with Crippen LogP contribution in [0.4, 0.5) is 0 Å². The predicted octanol–water partition coefficient (Wildman–Crippen LogP) is 3.16. The Balaban J connectivity index is 2.48. The number of hydrogen-bond donors (Lipinski definition) is 0. The Morgan fingerprint density at radius 1 is 1.33 bits per heavy atom. The van der Waals surface area contributed by atoms with Crippen molar-refractivity contribution in [2.45, 2.75) is 11.2 Å². The summed E-state index contributed by atoms with van der Waals surface area (Å²) in [6.07, 6.45) is 1.01. The van der Waals surface area contributed by atoms with Crippen molar-refractivity contribution in [2.75, 3.05) is 13.7 Å². The Labute approximate surface area is 81.9 Å². The van der Waals surface area contributed by atoms with Crippen LogP contribution in [0.3, 0.4) is 0 Å². The minimum absolute atomic E-state index is 0.415. The van der Waals surface area contributed by atoms with Crippen LogP contribution in [0.1, 0.15) is 16.8 Å². The van der Waals surface area contributed by atoms with E-state index in [9.17, 15) is 0 Å². The van der Waals surface area contributed by atoms with Gasteiger partial charge in [-0.05, 0) is 12.0 Å². The molecule has 1 rings (SSSR count). The summed E-state index contributed by atoms with van der Waals surface area (Å²) in [7, 11) is 1.73. The van der Waals surface area contributed by atoms with Crippen LogP contribution in [0.15, 0.2) is 30.3 Å². The van der Waals surface area contributed by atoms with Gasteiger partial charge in [0.05, 0.1) is 0 Å². The van der Waals surface area contributed by atoms with Crippen LogP contribution in [0, 0.1) is 0 Å². The van der Waals surface area contributed by atoms with Gasteiger partial charge in [0.15, 0.2) is 0 Å². The van der Waals surface area contributed by atoms with E-state index in [1.165, 1.54) is 5.56 Å². The highest BCUT2D eigenvalue weighted by Gasteiger charge is 2.04. The monoisotopic (exact) mass is 228 g/mol. The van der Waals surface area contributed by atoms with E-state index in [2.05, 4.69) is 40.2 Å². The van der Waals surface area contributed by atoms with E-state index in [1.807, 2.05) is 6.07 Å². The lowest BCUT2D eigenvalue weighted by atomic mass is 10.1. The topological polar surface area (TPSA) is 9.23 Å². The van der Waals surface area contributed by atoms with Gasteiger partial charge in [-0.1, -0.05) is 46.3 Å². The summed E-state index contributed by atoms with van der Waals surface area (Å²) < 4.78 is 5.00. The number of alkyl halides is 1. The maximum atomic E-state index is 5.00. The molecule has 0 aliphatic heterocycles. The van der Waals surface area contributed by atoms with Gasteiger partial charge in [0.1, 0.15) is 0 Å². The van der Waals surface area contributed by atoms with Gasteiger partial charge >= 0.3 is 0 Å². The van der Waals surface area contributed by atoms with Gasteiger partial charge in [-0.2, -0.15) is 0 Å². The highest BCUT2D eigenvalue weighted by molar-refractivity contribution is 9.09. The normalized spacial score (nSPS) is 12.8. The quantitative estimate of drug-likeness (QED) is 0.720. The molecule has 0 unspecified atom stereocenters. The van der Waals surface area contributed by atoms with Crippen molar-refractivity contribution in [1.82, 2.24) is 0 Å². The average molecular weight is 229 g/mol. The number of benzene rings is 1. The molecular formula is C10H13BrO. The first-order valence-corrected chi connectivity index (χ1v) is 4.94. The molecule has 0 radical (unpaired) electrons. The molecule has 0 saturated heterocycles. The van der Waals surface area contributed by atoms with Gasteiger partial charge in [0.25, 0.3) is 0 Å². The molecule has 1 aromatic rings. The van der Waals surface area contributed by atoms with Gasteiger partial charge in [0, 0.05) is 18.5 Å². The third kappa shape index (κ3) is 2.95. The largest absolute Gasteiger partial charge is 0.385 e. The fourth-order valence-electron chi connectivity index (χ4n) is 1.05. The van der Waals surface area contributed by atoms with Crippen LogP contribution in [-0.2, 0) is 4.74 Å². The smallest absolute Gasteiger partial charge is 0.0476 e. The molecule has 0 saturated carbocycles. The highest BCUT2D eigenvalue weighted by atomic mass is 79.9. The second-order valence-electron chi connectivity index (χ2n) is 2.66. The molecule has 0 aliphatic rings. The van der Waals surface area contributed by atoms with Crippen LogP contribution >= 0.6 is 15.9 Å². The lowest BCUT2D eigenvalue weighted by Gasteiger charge is -2.08. The fourth-order valence-corrected chi connectivity index (χ4v) is 1.54. The minimum atomic E-state index is 0.415. The summed E-state index contributed by atoms with van der Waals surface area (Å²) in [6.45, 7) is 0.796. The zero-order valence-corrected chi connectivity index (χ0v) is 8.75. The third-order valence-electron chi connectivity index (χ3n) is 1.74. The third-order valence-corrected chi connectivity index (χ3v) is 2.72. The summed E-state index contributed by atoms with van der Waals surface area (Å²) in [6, 6.07) is 10.4. The summed E-state index contributed by atoms with van der Waals surface area (Å²) >= 11 is 3.61. The summed E-state index contributed by atoms with van der Waals surface area (Å²) in [5.74, 6) is 0. The van der Waals surface area contributed by atoms with Crippen molar-refractivity contribution in [2.24, 2.45) is 0 Å². The fraction of sp³-hybridized carbons (Fsp3) is 0.400. The Morgan fingerprint density at radius 2 is 2.00 bits per heavy atom. The molecule has 0 aromatic heterocycles. The van der Waals surface area contributed by atoms with Gasteiger partial charge < -0.3 is 4.74 Å². The molecule has 0 spiro atoms. The molecule has 0 heterocycles. The van der Waals surface area contributed by atoms with Gasteiger partial charge in [-0.15, -0.1) is 0 Å². The zero-order chi connectivity index (χ0) is 8.81. The van der Waals surface area contributed by atoms with E-state index < -0.39 is 0 Å². The van der Waals surface area contributed by atoms with Crippen LogP contribution in [0.25, 0.3) is 0 Å². The van der Waals surface area contributed by atoms with Gasteiger partial charge in [-0.3, -0.25) is 0 Å². The van der Waals surface area contributed by atoms with Crippen molar-refractivity contribution in [3.05, 3.63) is 35.9 Å². The maximum Gasteiger partial charge on any atom is 0.0476 e. The zero-order valence-electron chi connectivity index (χ0n) is 7.16. The summed E-state index contributed by atoms with van der Waals surface area (Å²) in [5, 5.41) is 0. The molecule has 0 aliphatic carbocycles. The number of ether oxygens (including phenoxy) is 1. The van der Waals surface area contributed by atoms with Gasteiger partial charge in [0.2, 0.25) is 0 Å². The Kier molecular flexibility index (Phi) is 4.33. The number of hydrogen-bond acceptors (Lipinski definition) is 1. The molecular weight excluding hydrogens is 216 g/mol. The molecule has 0 N–H and O–H groups in total. The van der Waals surface area contributed by atoms with E-state index in [0.29, 0.717) is 4.83 Å². The second-order valence-corrected chi connectivity index (χ2v) is 3.77. The van der Waals surface area contributed by atoms with E-state index >= 15 is 0 Å². The van der Waals surface area contributed by atoms with Crippen LogP contribution in [0.5, 0.6) is 0 Å². The van der Waals surface area contributed by atoms with Crippen LogP contribution < -0.4 is 0 Å². The molecule has 12 heavy (non-hydrogen) atoms. The van der Waals surface area contributed by atoms with Crippen molar-refractivity contribution in [3.8, 4) is 0 Å². The summed E-state index contributed by atoms with van der Waals surface area (Å²) in [4.78, 5) is 0.415. The predicted molar refractivity (Wildman–Crippen MR) is 54.6 cm³/mol. The Hall–Kier alpha value is -0.340. The lowest BCUT2D eigenvalue weighted by molar-refractivity contribution is 0.195. The maximum absolute atomic E-state index is 5.00. The molecule has 66 valence electrons. The Bertz CT molecular complexity index is 210. The second kappa shape index (κ2) is 5.33. The lowest BCUT2D eigenvalue weighted by Crippen LogP contribution is -1.95. The highest BCUT2D eigenvalue weighted by Crippen LogP contribution is 2.25. The molecule has 1 atom stereocenters. The van der Waals surface area contributed by atoms with Crippen molar-refractivity contribution in [3.63, 3.8) is 0 Å². The molecule has 0 bridgehead atoms. The number of halogens is 1. The summed E-state index contributed by atoms with van der Waals surface area (Å²) in [5.41, 5.74) is 1.31. The molecule has 1 nitrogen and oxygen atoms in total. The van der Waals surface area contributed by atoms with Crippen LogP contribution in [0.2, 0.25) is 0 Å². The Morgan fingerprint density at radius 3 is 2.58 bits per heavy atom. The first-order chi connectivity index (χ1) is 5.84. The standard InChI is InChI=1S/C10H13BrO/c1-12-8-7-10(11)9-5-3-2-4-6-9/h2-6,10H,7-8H2,1H3/t10-/m0/s1. The molecule has 1 aromatic carbocycles. The first-order valence-electron chi connectivity index (χ1n) is 4.02. The van der Waals surface area contributed by atoms with E-state index in [1.54, 1.807) is 7.11 Å². The van der Waals surface area contributed by atoms with Crippen molar-refractivity contribution < 1.29 is 4.74 Å². The SMILES string of the molecule is COCC[C@H](Br)c1ccccc1. The number of rotatable bonds is 4. The van der Waals surface area contributed by atoms with Crippen molar-refractivity contribution in [1.29, 1.82) is 0 Å². The minimum Gasteiger partial charge on any atom is -0.385 e. The van der Waals surface area contributed by atoms with Crippen LogP contribution in [-0.4, -0.2) is 13.7 Å². The van der Waals surface area contributed by atoms with Gasteiger partial charge in [-0.25, -0.2) is 0 Å². The van der Waals surface area contributed by atoms with E-state index in [4.69, 9.17) is 4.74 Å². The van der Waals surface area contributed by atoms with E-state index in [0.717, 1.165) is 13.0 Å². The van der Waals surface area contributed by atoms with E-state index in [-0.39, 0.29) is 0 Å². The van der Waals surface area contributed by atoms with Crippen molar-refractivity contribution >= 4 is 15.9 Å². The molecule has 0 fully saturated rings. The first kappa shape index (κ1) is 9.75. The average Bonchev–Trinajstić information content (AvgIpc) is 2.15.